The molecule has 1 amide bonds. The van der Waals surface area contributed by atoms with E-state index in [4.69, 9.17) is 4.74 Å². The molecule has 0 saturated carbocycles. The van der Waals surface area contributed by atoms with Crippen LogP contribution in [0.1, 0.15) is 22.3 Å². The molecule has 0 unspecified atom stereocenters. The molecule has 0 radical (unpaired) electrons. The molecule has 6 heteroatoms. The van der Waals surface area contributed by atoms with Crippen molar-refractivity contribution in [2.45, 2.75) is 19.9 Å². The van der Waals surface area contributed by atoms with E-state index in [2.05, 4.69) is 10.4 Å². The molecule has 0 aliphatic carbocycles. The maximum Gasteiger partial charge on any atom is 0.339 e. The van der Waals surface area contributed by atoms with Gasteiger partial charge in [0.2, 0.25) is 5.91 Å². The normalized spacial score (nSPS) is 10.2. The molecular formula is C15H17N3O3. The molecule has 1 heterocycles. The van der Waals surface area contributed by atoms with Crippen molar-refractivity contribution in [2.24, 2.45) is 0 Å². The highest BCUT2D eigenvalue weighted by atomic mass is 16.5. The molecule has 0 bridgehead atoms. The van der Waals surface area contributed by atoms with Gasteiger partial charge in [-0.25, -0.2) is 4.79 Å². The van der Waals surface area contributed by atoms with Gasteiger partial charge in [0.15, 0.2) is 0 Å². The fraction of sp³-hybridized carbons (Fsp3) is 0.267. The molecule has 6 nitrogen and oxygen atoms in total. The summed E-state index contributed by atoms with van der Waals surface area (Å²) in [4.78, 5) is 23.7. The number of rotatable bonds is 5. The molecular weight excluding hydrogens is 270 g/mol. The number of benzene rings is 1. The summed E-state index contributed by atoms with van der Waals surface area (Å²) in [5.41, 5.74) is 1.73. The second kappa shape index (κ2) is 6.69. The maximum absolute atomic E-state index is 12.0. The van der Waals surface area contributed by atoms with Crippen molar-refractivity contribution in [3.63, 3.8) is 0 Å². The first-order valence-corrected chi connectivity index (χ1v) is 6.56. The Balaban J connectivity index is 2.04. The Morgan fingerprint density at radius 2 is 2.19 bits per heavy atom. The van der Waals surface area contributed by atoms with E-state index < -0.39 is 5.97 Å². The highest BCUT2D eigenvalue weighted by Gasteiger charge is 2.14. The Kier molecular flexibility index (Phi) is 4.71. The lowest BCUT2D eigenvalue weighted by Gasteiger charge is -2.10. The third-order valence-electron chi connectivity index (χ3n) is 2.98. The zero-order chi connectivity index (χ0) is 15.2. The van der Waals surface area contributed by atoms with E-state index in [0.29, 0.717) is 17.8 Å². The van der Waals surface area contributed by atoms with Crippen molar-refractivity contribution in [1.29, 1.82) is 0 Å². The van der Waals surface area contributed by atoms with Gasteiger partial charge >= 0.3 is 5.97 Å². The lowest BCUT2D eigenvalue weighted by atomic mass is 10.1. The minimum Gasteiger partial charge on any atom is -0.465 e. The van der Waals surface area contributed by atoms with Gasteiger partial charge in [-0.15, -0.1) is 0 Å². The number of nitrogens with one attached hydrogen (secondary N) is 1. The number of ether oxygens (including phenoxy) is 1. The van der Waals surface area contributed by atoms with E-state index in [0.717, 1.165) is 5.56 Å². The molecule has 0 atom stereocenters. The predicted molar refractivity (Wildman–Crippen MR) is 78.0 cm³/mol. The van der Waals surface area contributed by atoms with Gasteiger partial charge < -0.3 is 10.1 Å². The zero-order valence-corrected chi connectivity index (χ0v) is 12.0. The van der Waals surface area contributed by atoms with Gasteiger partial charge in [0.1, 0.15) is 0 Å². The number of nitrogens with zero attached hydrogens (tertiary/aromatic N) is 2. The van der Waals surface area contributed by atoms with Crippen molar-refractivity contribution >= 4 is 17.6 Å². The third kappa shape index (κ3) is 3.92. The number of methoxy groups -OCH3 is 1. The lowest BCUT2D eigenvalue weighted by Crippen LogP contribution is -2.17. The molecule has 2 rings (SSSR count). The van der Waals surface area contributed by atoms with Crippen LogP contribution in [-0.4, -0.2) is 28.8 Å². The quantitative estimate of drug-likeness (QED) is 0.854. The van der Waals surface area contributed by atoms with Gasteiger partial charge in [-0.1, -0.05) is 11.6 Å². The number of amides is 1. The van der Waals surface area contributed by atoms with Crippen LogP contribution in [0, 0.1) is 6.92 Å². The number of anilines is 1. The molecule has 110 valence electrons. The van der Waals surface area contributed by atoms with Crippen LogP contribution in [-0.2, 0) is 16.1 Å². The van der Waals surface area contributed by atoms with Gasteiger partial charge in [-0.3, -0.25) is 9.48 Å². The van der Waals surface area contributed by atoms with Crippen molar-refractivity contribution in [3.8, 4) is 0 Å². The molecule has 0 spiro atoms. The smallest absolute Gasteiger partial charge is 0.339 e. The maximum atomic E-state index is 12.0. The van der Waals surface area contributed by atoms with Gasteiger partial charge in [0.25, 0.3) is 0 Å². The summed E-state index contributed by atoms with van der Waals surface area (Å²) in [5.74, 6) is -0.652. The van der Waals surface area contributed by atoms with E-state index in [-0.39, 0.29) is 12.3 Å². The van der Waals surface area contributed by atoms with Crippen molar-refractivity contribution in [3.05, 3.63) is 47.8 Å². The second-order valence-electron chi connectivity index (χ2n) is 4.61. The number of esters is 1. The van der Waals surface area contributed by atoms with Crippen LogP contribution in [0.25, 0.3) is 0 Å². The Morgan fingerprint density at radius 1 is 1.38 bits per heavy atom. The van der Waals surface area contributed by atoms with Crippen LogP contribution in [0.2, 0.25) is 0 Å². The van der Waals surface area contributed by atoms with E-state index >= 15 is 0 Å². The standard InChI is InChI=1S/C15H17N3O3/c1-11-4-5-13(12(10-11)15(20)21-2)17-14(19)6-9-18-8-3-7-16-18/h3-5,7-8,10H,6,9H2,1-2H3,(H,17,19). The summed E-state index contributed by atoms with van der Waals surface area (Å²) in [5, 5.41) is 6.76. The van der Waals surface area contributed by atoms with Crippen LogP contribution in [0.4, 0.5) is 5.69 Å². The number of carbonyl (C=O) groups excluding carboxylic acids is 2. The Bertz CT molecular complexity index is 636. The van der Waals surface area contributed by atoms with Crippen LogP contribution in [0.3, 0.4) is 0 Å². The molecule has 0 aliphatic heterocycles. The minimum atomic E-state index is -0.471. The largest absolute Gasteiger partial charge is 0.465 e. The van der Waals surface area contributed by atoms with Crippen molar-refractivity contribution in [1.82, 2.24) is 9.78 Å². The molecule has 21 heavy (non-hydrogen) atoms. The van der Waals surface area contributed by atoms with E-state index in [1.807, 2.05) is 13.0 Å². The van der Waals surface area contributed by atoms with Gasteiger partial charge in [-0.2, -0.15) is 5.10 Å². The summed E-state index contributed by atoms with van der Waals surface area (Å²) in [7, 11) is 1.31. The van der Waals surface area contributed by atoms with Crippen LogP contribution >= 0.6 is 0 Å². The highest BCUT2D eigenvalue weighted by molar-refractivity contribution is 6.01. The minimum absolute atomic E-state index is 0.181. The van der Waals surface area contributed by atoms with Crippen LogP contribution in [0.15, 0.2) is 36.7 Å². The first-order chi connectivity index (χ1) is 10.1. The third-order valence-corrected chi connectivity index (χ3v) is 2.98. The topological polar surface area (TPSA) is 73.2 Å². The lowest BCUT2D eigenvalue weighted by molar-refractivity contribution is -0.116. The fourth-order valence-corrected chi connectivity index (χ4v) is 1.91. The summed E-state index contributed by atoms with van der Waals surface area (Å²) in [6.45, 7) is 2.36. The predicted octanol–water partition coefficient (Wildman–Crippen LogP) is 2.01. The monoisotopic (exact) mass is 287 g/mol. The average molecular weight is 287 g/mol. The average Bonchev–Trinajstić information content (AvgIpc) is 2.99. The number of hydrogen-bond donors (Lipinski definition) is 1. The second-order valence-corrected chi connectivity index (χ2v) is 4.61. The SMILES string of the molecule is COC(=O)c1cc(C)ccc1NC(=O)CCn1cccn1. The van der Waals surface area contributed by atoms with Crippen LogP contribution < -0.4 is 5.32 Å². The number of hydrogen-bond acceptors (Lipinski definition) is 4. The van der Waals surface area contributed by atoms with E-state index in [9.17, 15) is 9.59 Å². The highest BCUT2D eigenvalue weighted by Crippen LogP contribution is 2.18. The van der Waals surface area contributed by atoms with Crippen LogP contribution in [0.5, 0.6) is 0 Å². The molecule has 0 saturated heterocycles. The first-order valence-electron chi connectivity index (χ1n) is 6.56. The molecule has 2 aromatic rings. The van der Waals surface area contributed by atoms with E-state index in [1.165, 1.54) is 7.11 Å². The van der Waals surface area contributed by atoms with Gasteiger partial charge in [0.05, 0.1) is 18.4 Å². The molecule has 1 aromatic carbocycles. The first kappa shape index (κ1) is 14.8. The Hall–Kier alpha value is -2.63. The summed E-state index contributed by atoms with van der Waals surface area (Å²) in [6, 6.07) is 7.02. The number of carbonyl (C=O) groups is 2. The fourth-order valence-electron chi connectivity index (χ4n) is 1.91. The summed E-state index contributed by atoms with van der Waals surface area (Å²) >= 11 is 0. The molecule has 1 aromatic heterocycles. The summed E-state index contributed by atoms with van der Waals surface area (Å²) in [6.07, 6.45) is 3.72. The van der Waals surface area contributed by atoms with E-state index in [1.54, 1.807) is 35.3 Å². The van der Waals surface area contributed by atoms with Crippen molar-refractivity contribution in [2.75, 3.05) is 12.4 Å². The number of aryl methyl sites for hydroxylation is 2. The Labute approximate surface area is 122 Å². The molecule has 1 N–H and O–H groups in total. The summed E-state index contributed by atoms with van der Waals surface area (Å²) < 4.78 is 6.40. The Morgan fingerprint density at radius 3 is 2.86 bits per heavy atom. The number of aromatic nitrogens is 2. The van der Waals surface area contributed by atoms with Gasteiger partial charge in [-0.05, 0) is 25.1 Å². The van der Waals surface area contributed by atoms with Gasteiger partial charge in [0, 0.05) is 25.4 Å². The molecule has 0 fully saturated rings. The zero-order valence-electron chi connectivity index (χ0n) is 12.0. The van der Waals surface area contributed by atoms with Crippen molar-refractivity contribution < 1.29 is 14.3 Å². The molecule has 0 aliphatic rings.